The van der Waals surface area contributed by atoms with Gasteiger partial charge in [-0.1, -0.05) is 30.3 Å². The van der Waals surface area contributed by atoms with Crippen molar-refractivity contribution in [3.05, 3.63) is 92.0 Å². The molecule has 0 amide bonds. The van der Waals surface area contributed by atoms with Crippen LogP contribution in [0, 0.1) is 41.5 Å². The van der Waals surface area contributed by atoms with Crippen LogP contribution < -0.4 is 9.47 Å². The molecule has 0 fully saturated rings. The van der Waals surface area contributed by atoms with E-state index in [2.05, 4.69) is 0 Å². The Kier molecular flexibility index (Phi) is 10.2. The van der Waals surface area contributed by atoms with Crippen molar-refractivity contribution in [1.82, 2.24) is 0 Å². The number of esters is 2. The Labute approximate surface area is 238 Å². The van der Waals surface area contributed by atoms with Crippen LogP contribution >= 0.6 is 0 Å². The summed E-state index contributed by atoms with van der Waals surface area (Å²) in [5, 5.41) is 0. The average molecular weight is 573 g/mol. The molecule has 6 nitrogen and oxygen atoms in total. The molecule has 0 radical (unpaired) electrons. The molecule has 0 bridgehead atoms. The zero-order chi connectivity index (χ0) is 30.5. The largest absolute Gasteiger partial charge is 0.489 e. The van der Waals surface area contributed by atoms with Crippen LogP contribution in [0.4, 0.5) is 13.2 Å². The molecule has 0 saturated heterocycles. The molecule has 0 aliphatic heterocycles. The number of rotatable bonds is 10. The van der Waals surface area contributed by atoms with Gasteiger partial charge in [0, 0.05) is 13.5 Å². The van der Waals surface area contributed by atoms with Crippen molar-refractivity contribution in [1.29, 1.82) is 0 Å². The molecule has 0 heterocycles. The van der Waals surface area contributed by atoms with E-state index in [1.54, 1.807) is 40.7 Å². The highest BCUT2D eigenvalue weighted by atomic mass is 19.4. The van der Waals surface area contributed by atoms with E-state index in [1.807, 2.05) is 37.3 Å². The molecule has 3 rings (SSSR count). The molecule has 0 atom stereocenters. The number of carbonyl (C=O) groups excluding carboxylic acids is 2. The van der Waals surface area contributed by atoms with Crippen molar-refractivity contribution in [2.75, 3.05) is 13.9 Å². The Morgan fingerprint density at radius 1 is 0.805 bits per heavy atom. The zero-order valence-electron chi connectivity index (χ0n) is 24.4. The number of ether oxygens (including phenoxy) is 4. The quantitative estimate of drug-likeness (QED) is 0.142. The van der Waals surface area contributed by atoms with Crippen LogP contribution in [0.5, 0.6) is 11.5 Å². The maximum absolute atomic E-state index is 13.6. The molecule has 220 valence electrons. The lowest BCUT2D eigenvalue weighted by atomic mass is 9.89. The van der Waals surface area contributed by atoms with Crippen molar-refractivity contribution < 1.29 is 41.7 Å². The molecule has 0 saturated carbocycles. The Balaban J connectivity index is 2.00. The fraction of sp³-hybridized carbons (Fsp3) is 0.375. The summed E-state index contributed by atoms with van der Waals surface area (Å²) in [6.45, 7) is 10.2. The summed E-state index contributed by atoms with van der Waals surface area (Å²) in [4.78, 5) is 26.4. The molecule has 0 aromatic heterocycles. The van der Waals surface area contributed by atoms with Gasteiger partial charge in [0.2, 0.25) is 0 Å². The summed E-state index contributed by atoms with van der Waals surface area (Å²) in [5.41, 5.74) is 4.63. The fourth-order valence-corrected chi connectivity index (χ4v) is 4.77. The highest BCUT2D eigenvalue weighted by molar-refractivity contribution is 5.97. The number of alkyl halides is 3. The monoisotopic (exact) mass is 572 g/mol. The van der Waals surface area contributed by atoms with Gasteiger partial charge in [0.05, 0.1) is 11.1 Å². The smallest absolute Gasteiger partial charge is 0.389 e. The average Bonchev–Trinajstić information content (AvgIpc) is 2.92. The van der Waals surface area contributed by atoms with Gasteiger partial charge in [-0.25, -0.2) is 9.59 Å². The number of hydrogen-bond acceptors (Lipinski definition) is 6. The lowest BCUT2D eigenvalue weighted by Gasteiger charge is -2.22. The van der Waals surface area contributed by atoms with E-state index in [-0.39, 0.29) is 29.2 Å². The summed E-state index contributed by atoms with van der Waals surface area (Å²) < 4.78 is 61.4. The first kappa shape index (κ1) is 31.7. The van der Waals surface area contributed by atoms with Gasteiger partial charge in [-0.3, -0.25) is 0 Å². The first-order valence-corrected chi connectivity index (χ1v) is 13.1. The molecular formula is C32H35F3O6. The molecule has 3 aromatic rings. The molecule has 0 N–H and O–H groups in total. The number of aryl methyl sites for hydroxylation is 1. The van der Waals surface area contributed by atoms with Crippen molar-refractivity contribution in [2.45, 2.75) is 67.2 Å². The summed E-state index contributed by atoms with van der Waals surface area (Å²) >= 11 is 0. The minimum absolute atomic E-state index is 0.0178. The summed E-state index contributed by atoms with van der Waals surface area (Å²) in [6, 6.07) is 11.5. The molecule has 0 aliphatic rings. The van der Waals surface area contributed by atoms with Gasteiger partial charge in [-0.05, 0) is 98.5 Å². The predicted molar refractivity (Wildman–Crippen MR) is 149 cm³/mol. The molecule has 0 aliphatic carbocycles. The fourth-order valence-electron chi connectivity index (χ4n) is 4.77. The second kappa shape index (κ2) is 13.2. The van der Waals surface area contributed by atoms with E-state index >= 15 is 0 Å². The van der Waals surface area contributed by atoms with E-state index in [1.165, 1.54) is 7.11 Å². The summed E-state index contributed by atoms with van der Waals surface area (Å²) in [7, 11) is 1.33. The first-order chi connectivity index (χ1) is 19.3. The summed E-state index contributed by atoms with van der Waals surface area (Å²) in [5.74, 6) is -0.704. The second-order valence-corrected chi connectivity index (χ2v) is 9.99. The maximum atomic E-state index is 13.6. The van der Waals surface area contributed by atoms with E-state index in [0.717, 1.165) is 11.1 Å². The third-order valence-corrected chi connectivity index (χ3v) is 7.23. The molecule has 9 heteroatoms. The SMILES string of the molecule is COCOC(=O)c1c(C)c(C)c(OC(=O)c2c(C)cc(OCc3ccccc3)c(C)c2C)c(C)c1CCC(F)(F)F. The van der Waals surface area contributed by atoms with Crippen molar-refractivity contribution in [3.8, 4) is 11.5 Å². The summed E-state index contributed by atoms with van der Waals surface area (Å²) in [6.07, 6.45) is -6.09. The van der Waals surface area contributed by atoms with Crippen LogP contribution in [0.15, 0.2) is 36.4 Å². The van der Waals surface area contributed by atoms with Gasteiger partial charge in [0.15, 0.2) is 6.79 Å². The third-order valence-electron chi connectivity index (χ3n) is 7.23. The lowest BCUT2D eigenvalue weighted by molar-refractivity contribution is -0.134. The van der Waals surface area contributed by atoms with Crippen LogP contribution in [-0.2, 0) is 22.5 Å². The standard InChI is InChI=1S/C32H35F3O6/c1-18-15-26(39-16-24-11-9-8-10-12-24)19(2)20(3)27(18)31(37)41-29-22(5)21(4)28(30(36)40-17-38-7)25(23(29)6)13-14-32(33,34)35/h8-12,15H,13-14,16-17H2,1-7H3. The number of halogens is 3. The Bertz CT molecular complexity index is 1430. The maximum Gasteiger partial charge on any atom is 0.389 e. The van der Waals surface area contributed by atoms with Crippen molar-refractivity contribution in [2.24, 2.45) is 0 Å². The van der Waals surface area contributed by atoms with E-state index < -0.39 is 31.0 Å². The Morgan fingerprint density at radius 2 is 1.44 bits per heavy atom. The van der Waals surface area contributed by atoms with Gasteiger partial charge in [0.25, 0.3) is 0 Å². The highest BCUT2D eigenvalue weighted by Crippen LogP contribution is 2.37. The minimum Gasteiger partial charge on any atom is -0.489 e. The molecule has 0 spiro atoms. The van der Waals surface area contributed by atoms with Crippen LogP contribution in [0.3, 0.4) is 0 Å². The number of carbonyl (C=O) groups is 2. The van der Waals surface area contributed by atoms with Gasteiger partial charge in [0.1, 0.15) is 18.1 Å². The van der Waals surface area contributed by atoms with E-state index in [4.69, 9.17) is 18.9 Å². The number of benzene rings is 3. The third kappa shape index (κ3) is 7.47. The number of methoxy groups -OCH3 is 1. The molecular weight excluding hydrogens is 537 g/mol. The highest BCUT2D eigenvalue weighted by Gasteiger charge is 2.31. The second-order valence-electron chi connectivity index (χ2n) is 9.99. The molecule has 0 unspecified atom stereocenters. The zero-order valence-corrected chi connectivity index (χ0v) is 24.4. The van der Waals surface area contributed by atoms with E-state index in [9.17, 15) is 22.8 Å². The Morgan fingerprint density at radius 3 is 2.05 bits per heavy atom. The van der Waals surface area contributed by atoms with Crippen molar-refractivity contribution in [3.63, 3.8) is 0 Å². The first-order valence-electron chi connectivity index (χ1n) is 13.1. The van der Waals surface area contributed by atoms with Gasteiger partial charge >= 0.3 is 18.1 Å². The number of hydrogen-bond donors (Lipinski definition) is 0. The minimum atomic E-state index is -4.45. The Hall–Kier alpha value is -3.85. The van der Waals surface area contributed by atoms with E-state index in [0.29, 0.717) is 40.2 Å². The predicted octanol–water partition coefficient (Wildman–Crippen LogP) is 7.59. The van der Waals surface area contributed by atoms with Crippen LogP contribution in [-0.4, -0.2) is 32.0 Å². The topological polar surface area (TPSA) is 71.1 Å². The van der Waals surface area contributed by atoms with Gasteiger partial charge < -0.3 is 18.9 Å². The molecule has 41 heavy (non-hydrogen) atoms. The van der Waals surface area contributed by atoms with Crippen molar-refractivity contribution >= 4 is 11.9 Å². The van der Waals surface area contributed by atoms with Gasteiger partial charge in [-0.2, -0.15) is 13.2 Å². The van der Waals surface area contributed by atoms with Crippen LogP contribution in [0.1, 0.15) is 71.6 Å². The molecule has 3 aromatic carbocycles. The normalized spacial score (nSPS) is 11.4. The lowest BCUT2D eigenvalue weighted by Crippen LogP contribution is -2.20. The van der Waals surface area contributed by atoms with Gasteiger partial charge in [-0.15, -0.1) is 0 Å². The van der Waals surface area contributed by atoms with Crippen LogP contribution in [0.25, 0.3) is 0 Å². The van der Waals surface area contributed by atoms with Crippen LogP contribution in [0.2, 0.25) is 0 Å².